The molecule has 0 heterocycles. The first-order chi connectivity index (χ1) is 6.50. The highest BCUT2D eigenvalue weighted by Crippen LogP contribution is 2.12. The number of hydrogen-bond acceptors (Lipinski definition) is 1. The van der Waals surface area contributed by atoms with Crippen LogP contribution in [0.3, 0.4) is 0 Å². The maximum atomic E-state index is 13.1. The van der Waals surface area contributed by atoms with E-state index in [0.29, 0.717) is 11.1 Å². The van der Waals surface area contributed by atoms with E-state index in [1.54, 1.807) is 19.1 Å². The van der Waals surface area contributed by atoms with E-state index in [4.69, 9.17) is 5.11 Å². The fraction of sp³-hybridized carbons (Fsp3) is 0.182. The molecule has 0 spiro atoms. The van der Waals surface area contributed by atoms with Gasteiger partial charge >= 0.3 is 5.97 Å². The summed E-state index contributed by atoms with van der Waals surface area (Å²) in [4.78, 5) is 10.5. The Morgan fingerprint density at radius 2 is 2.14 bits per heavy atom. The molecule has 2 nitrogen and oxygen atoms in total. The molecule has 0 bridgehead atoms. The first-order valence-corrected chi connectivity index (χ1v) is 4.18. The van der Waals surface area contributed by atoms with Crippen molar-refractivity contribution >= 4 is 12.0 Å². The third-order valence-electron chi connectivity index (χ3n) is 1.92. The molecular weight excluding hydrogens is 183 g/mol. The Kier molecular flexibility index (Phi) is 3.02. The third kappa shape index (κ3) is 2.42. The van der Waals surface area contributed by atoms with Gasteiger partial charge in [0.1, 0.15) is 5.82 Å². The fourth-order valence-corrected chi connectivity index (χ4v) is 1.01. The van der Waals surface area contributed by atoms with Gasteiger partial charge < -0.3 is 5.11 Å². The van der Waals surface area contributed by atoms with E-state index in [1.807, 2.05) is 0 Å². The van der Waals surface area contributed by atoms with E-state index < -0.39 is 5.97 Å². The second kappa shape index (κ2) is 4.05. The van der Waals surface area contributed by atoms with Crippen molar-refractivity contribution in [2.75, 3.05) is 0 Å². The lowest BCUT2D eigenvalue weighted by molar-refractivity contribution is -0.132. The van der Waals surface area contributed by atoms with Crippen LogP contribution in [0.2, 0.25) is 0 Å². The summed E-state index contributed by atoms with van der Waals surface area (Å²) in [6, 6.07) is 4.63. The number of rotatable bonds is 2. The van der Waals surface area contributed by atoms with Crippen LogP contribution in [0.4, 0.5) is 4.39 Å². The van der Waals surface area contributed by atoms with Gasteiger partial charge in [0.2, 0.25) is 0 Å². The van der Waals surface area contributed by atoms with Crippen molar-refractivity contribution < 1.29 is 14.3 Å². The lowest BCUT2D eigenvalue weighted by Crippen LogP contribution is -1.95. The predicted octanol–water partition coefficient (Wildman–Crippen LogP) is 2.62. The molecule has 1 aromatic carbocycles. The Balaban J connectivity index is 3.04. The lowest BCUT2D eigenvalue weighted by Gasteiger charge is -1.98. The first kappa shape index (κ1) is 10.4. The highest BCUT2D eigenvalue weighted by molar-refractivity contribution is 5.91. The van der Waals surface area contributed by atoms with Crippen LogP contribution < -0.4 is 0 Å². The molecule has 1 aromatic rings. The Morgan fingerprint density at radius 1 is 1.50 bits per heavy atom. The summed E-state index contributed by atoms with van der Waals surface area (Å²) in [7, 11) is 0. The number of carboxylic acid groups (broad SMARTS) is 1. The molecule has 0 atom stereocenters. The predicted molar refractivity (Wildman–Crippen MR) is 52.4 cm³/mol. The number of benzene rings is 1. The van der Waals surface area contributed by atoms with Gasteiger partial charge in [0, 0.05) is 5.57 Å². The minimum atomic E-state index is -0.994. The normalized spacial score (nSPS) is 11.5. The van der Waals surface area contributed by atoms with Crippen LogP contribution in [0, 0.1) is 12.7 Å². The molecule has 0 unspecified atom stereocenters. The van der Waals surface area contributed by atoms with Crippen LogP contribution in [0.15, 0.2) is 23.8 Å². The average molecular weight is 194 g/mol. The molecule has 1 N–H and O–H groups in total. The van der Waals surface area contributed by atoms with Crippen molar-refractivity contribution in [2.45, 2.75) is 13.8 Å². The van der Waals surface area contributed by atoms with Crippen molar-refractivity contribution in [3.8, 4) is 0 Å². The zero-order valence-electron chi connectivity index (χ0n) is 8.04. The molecule has 0 radical (unpaired) electrons. The summed E-state index contributed by atoms with van der Waals surface area (Å²) in [5.74, 6) is -1.32. The zero-order valence-corrected chi connectivity index (χ0v) is 8.04. The molecule has 0 amide bonds. The number of halogens is 1. The average Bonchev–Trinajstić information content (AvgIpc) is 2.11. The monoisotopic (exact) mass is 194 g/mol. The van der Waals surface area contributed by atoms with E-state index in [0.717, 1.165) is 0 Å². The van der Waals surface area contributed by atoms with Crippen LogP contribution in [-0.2, 0) is 4.79 Å². The van der Waals surface area contributed by atoms with Crippen LogP contribution in [0.5, 0.6) is 0 Å². The fourth-order valence-electron chi connectivity index (χ4n) is 1.01. The maximum Gasteiger partial charge on any atom is 0.331 e. The van der Waals surface area contributed by atoms with Crippen molar-refractivity contribution in [1.82, 2.24) is 0 Å². The van der Waals surface area contributed by atoms with E-state index in [9.17, 15) is 9.18 Å². The zero-order chi connectivity index (χ0) is 10.7. The van der Waals surface area contributed by atoms with Gasteiger partial charge in [0.25, 0.3) is 0 Å². The quantitative estimate of drug-likeness (QED) is 0.735. The summed E-state index contributed by atoms with van der Waals surface area (Å²) in [5.41, 5.74) is 1.30. The van der Waals surface area contributed by atoms with E-state index in [-0.39, 0.29) is 11.4 Å². The largest absolute Gasteiger partial charge is 0.478 e. The number of carboxylic acids is 1. The molecular formula is C11H11FO2. The molecule has 14 heavy (non-hydrogen) atoms. The van der Waals surface area contributed by atoms with Crippen LogP contribution in [0.1, 0.15) is 18.1 Å². The number of hydrogen-bond donors (Lipinski definition) is 1. The van der Waals surface area contributed by atoms with Crippen molar-refractivity contribution in [3.05, 3.63) is 40.7 Å². The molecule has 3 heteroatoms. The summed E-state index contributed by atoms with van der Waals surface area (Å²) < 4.78 is 13.1. The molecule has 0 aromatic heterocycles. The summed E-state index contributed by atoms with van der Waals surface area (Å²) in [5, 5.41) is 8.61. The van der Waals surface area contributed by atoms with Gasteiger partial charge in [0.15, 0.2) is 0 Å². The van der Waals surface area contributed by atoms with Crippen molar-refractivity contribution in [1.29, 1.82) is 0 Å². The van der Waals surface area contributed by atoms with Gasteiger partial charge in [-0.3, -0.25) is 0 Å². The highest BCUT2D eigenvalue weighted by Gasteiger charge is 2.01. The third-order valence-corrected chi connectivity index (χ3v) is 1.92. The Hall–Kier alpha value is -1.64. The lowest BCUT2D eigenvalue weighted by atomic mass is 10.1. The minimum Gasteiger partial charge on any atom is -0.478 e. The molecule has 0 saturated heterocycles. The second-order valence-electron chi connectivity index (χ2n) is 3.14. The smallest absolute Gasteiger partial charge is 0.331 e. The van der Waals surface area contributed by atoms with E-state index in [2.05, 4.69) is 0 Å². The number of aliphatic carboxylic acids is 1. The van der Waals surface area contributed by atoms with Crippen LogP contribution in [0.25, 0.3) is 6.08 Å². The van der Waals surface area contributed by atoms with Crippen molar-refractivity contribution in [3.63, 3.8) is 0 Å². The molecule has 0 fully saturated rings. The van der Waals surface area contributed by atoms with Gasteiger partial charge in [-0.2, -0.15) is 0 Å². The maximum absolute atomic E-state index is 13.1. The summed E-state index contributed by atoms with van der Waals surface area (Å²) >= 11 is 0. The van der Waals surface area contributed by atoms with Crippen molar-refractivity contribution in [2.24, 2.45) is 0 Å². The van der Waals surface area contributed by atoms with Gasteiger partial charge in [-0.05, 0) is 37.1 Å². The molecule has 0 aliphatic carbocycles. The van der Waals surface area contributed by atoms with E-state index >= 15 is 0 Å². The summed E-state index contributed by atoms with van der Waals surface area (Å²) in [6.45, 7) is 3.13. The van der Waals surface area contributed by atoms with Crippen LogP contribution >= 0.6 is 0 Å². The second-order valence-corrected chi connectivity index (χ2v) is 3.14. The molecule has 0 saturated carbocycles. The SMILES string of the molecule is CC(=Cc1ccc(C)c(F)c1)C(=O)O. The minimum absolute atomic E-state index is 0.188. The van der Waals surface area contributed by atoms with E-state index in [1.165, 1.54) is 19.1 Å². The number of aryl methyl sites for hydroxylation is 1. The standard InChI is InChI=1S/C11H11FO2/c1-7-3-4-9(6-10(7)12)5-8(2)11(13)14/h3-6H,1-2H3,(H,13,14). The highest BCUT2D eigenvalue weighted by atomic mass is 19.1. The molecule has 1 rings (SSSR count). The first-order valence-electron chi connectivity index (χ1n) is 4.18. The number of carbonyl (C=O) groups is 1. The van der Waals surface area contributed by atoms with Gasteiger partial charge in [-0.25, -0.2) is 9.18 Å². The Bertz CT molecular complexity index is 394. The molecule has 0 aliphatic heterocycles. The van der Waals surface area contributed by atoms with Gasteiger partial charge in [0.05, 0.1) is 0 Å². The molecule has 74 valence electrons. The Labute approximate surface area is 81.7 Å². The van der Waals surface area contributed by atoms with Crippen LogP contribution in [-0.4, -0.2) is 11.1 Å². The van der Waals surface area contributed by atoms with Gasteiger partial charge in [-0.1, -0.05) is 12.1 Å². The topological polar surface area (TPSA) is 37.3 Å². The summed E-state index contributed by atoms with van der Waals surface area (Å²) in [6.07, 6.45) is 1.44. The van der Waals surface area contributed by atoms with Gasteiger partial charge in [-0.15, -0.1) is 0 Å². The molecule has 0 aliphatic rings. The Morgan fingerprint density at radius 3 is 2.64 bits per heavy atom.